The monoisotopic (exact) mass is 586 g/mol. The molecule has 5 aromatic carbocycles. The summed E-state index contributed by atoms with van der Waals surface area (Å²) in [6.45, 7) is 6.53. The number of hydrogen-bond donors (Lipinski definition) is 0. The lowest BCUT2D eigenvalue weighted by atomic mass is 9.86. The van der Waals surface area contributed by atoms with E-state index in [1.54, 1.807) is 0 Å². The second kappa shape index (κ2) is 10.3. The van der Waals surface area contributed by atoms with Crippen LogP contribution in [0.4, 0.5) is 30.2 Å². The smallest absolute Gasteiger partial charge is 0.416 e. The molecule has 0 N–H and O–H groups in total. The molecule has 0 aliphatic carbocycles. The number of nitrogens with zero attached hydrogens (tertiary/aromatic N) is 2. The van der Waals surface area contributed by atoms with Crippen molar-refractivity contribution < 1.29 is 17.9 Å². The van der Waals surface area contributed by atoms with E-state index in [1.165, 1.54) is 17.7 Å². The van der Waals surface area contributed by atoms with Crippen molar-refractivity contribution in [2.24, 2.45) is 0 Å². The van der Waals surface area contributed by atoms with Gasteiger partial charge in [-0.25, -0.2) is 4.98 Å². The Morgan fingerprint density at radius 3 is 1.73 bits per heavy atom. The van der Waals surface area contributed by atoms with E-state index < -0.39 is 11.7 Å². The average molecular weight is 587 g/mol. The fraction of sp³-hybridized carbons (Fsp3) is 0.132. The van der Waals surface area contributed by atoms with Gasteiger partial charge in [0.25, 0.3) is 0 Å². The minimum absolute atomic E-state index is 0.00544. The van der Waals surface area contributed by atoms with E-state index in [9.17, 15) is 13.2 Å². The maximum atomic E-state index is 13.4. The van der Waals surface area contributed by atoms with Gasteiger partial charge in [0.1, 0.15) is 0 Å². The number of aromatic nitrogens is 1. The quantitative estimate of drug-likeness (QED) is 0.206. The molecule has 0 saturated heterocycles. The molecule has 0 bridgehead atoms. The first-order chi connectivity index (χ1) is 21.1. The molecule has 0 atom stereocenters. The number of alkyl halides is 3. The van der Waals surface area contributed by atoms with Gasteiger partial charge in [0.05, 0.1) is 33.8 Å². The lowest BCUT2D eigenvalue weighted by Crippen LogP contribution is -2.16. The maximum absolute atomic E-state index is 13.4. The van der Waals surface area contributed by atoms with Crippen molar-refractivity contribution in [2.75, 3.05) is 4.90 Å². The maximum Gasteiger partial charge on any atom is 0.416 e. The molecule has 1 aromatic heterocycles. The van der Waals surface area contributed by atoms with E-state index >= 15 is 0 Å². The predicted octanol–water partition coefficient (Wildman–Crippen LogP) is 11.5. The molecule has 218 valence electrons. The van der Waals surface area contributed by atoms with Crippen LogP contribution in [-0.4, -0.2) is 4.98 Å². The zero-order chi connectivity index (χ0) is 30.6. The van der Waals surface area contributed by atoms with E-state index in [-0.39, 0.29) is 5.41 Å². The van der Waals surface area contributed by atoms with Crippen LogP contribution in [0, 0.1) is 0 Å². The van der Waals surface area contributed by atoms with Crippen molar-refractivity contribution in [2.45, 2.75) is 32.4 Å². The molecule has 0 amide bonds. The van der Waals surface area contributed by atoms with Crippen molar-refractivity contribution in [3.63, 3.8) is 0 Å². The molecule has 7 rings (SSSR count). The second-order valence-electron chi connectivity index (χ2n) is 12.0. The summed E-state index contributed by atoms with van der Waals surface area (Å²) in [5.41, 5.74) is 6.96. The molecule has 1 aliphatic rings. The Kier molecular flexibility index (Phi) is 6.47. The number of hydrogen-bond acceptors (Lipinski definition) is 3. The van der Waals surface area contributed by atoms with Gasteiger partial charge in [-0.05, 0) is 70.6 Å². The van der Waals surface area contributed by atoms with Crippen LogP contribution in [-0.2, 0) is 11.6 Å². The number of para-hydroxylation sites is 5. The van der Waals surface area contributed by atoms with E-state index in [0.29, 0.717) is 11.3 Å². The molecular weight excluding hydrogens is 557 g/mol. The number of anilines is 3. The number of halogens is 3. The Bertz CT molecular complexity index is 1960. The highest BCUT2D eigenvalue weighted by atomic mass is 19.4. The van der Waals surface area contributed by atoms with Crippen LogP contribution in [0.15, 0.2) is 121 Å². The zero-order valence-electron chi connectivity index (χ0n) is 24.5. The number of benzene rings is 5. The van der Waals surface area contributed by atoms with Gasteiger partial charge in [-0.3, -0.25) is 0 Å². The van der Waals surface area contributed by atoms with Crippen LogP contribution < -0.4 is 9.64 Å². The molecule has 44 heavy (non-hydrogen) atoms. The highest BCUT2D eigenvalue weighted by Crippen LogP contribution is 2.52. The van der Waals surface area contributed by atoms with Crippen LogP contribution >= 0.6 is 0 Å². The lowest BCUT2D eigenvalue weighted by Gasteiger charge is -2.33. The number of pyridine rings is 1. The van der Waals surface area contributed by atoms with Crippen molar-refractivity contribution >= 4 is 28.0 Å². The van der Waals surface area contributed by atoms with Crippen LogP contribution in [0.5, 0.6) is 11.5 Å². The van der Waals surface area contributed by atoms with Gasteiger partial charge in [-0.1, -0.05) is 93.6 Å². The first kappa shape index (κ1) is 27.7. The van der Waals surface area contributed by atoms with Crippen molar-refractivity contribution in [3.8, 4) is 33.9 Å². The molecule has 6 aromatic rings. The summed E-state index contributed by atoms with van der Waals surface area (Å²) in [6, 6.07) is 37.5. The standard InChI is InChI=1S/C38H29F3N2O/c1-37(2,3)26-19-15-24(16-20-26)29-23-30(25-17-21-27(22-18-25)38(39,40)41)42-36-28(29)9-8-12-33(36)43-31-10-4-6-13-34(31)44-35-14-7-5-11-32(35)43/h4-23H,1-3H3. The highest BCUT2D eigenvalue weighted by Gasteiger charge is 2.30. The third-order valence-corrected chi connectivity index (χ3v) is 8.06. The summed E-state index contributed by atoms with van der Waals surface area (Å²) >= 11 is 0. The van der Waals surface area contributed by atoms with E-state index in [1.807, 2.05) is 72.8 Å². The third kappa shape index (κ3) is 4.86. The summed E-state index contributed by atoms with van der Waals surface area (Å²) in [4.78, 5) is 7.28. The van der Waals surface area contributed by atoms with Gasteiger partial charge in [0.15, 0.2) is 11.5 Å². The molecule has 2 heterocycles. The molecule has 0 fully saturated rings. The van der Waals surface area contributed by atoms with Crippen molar-refractivity contribution in [1.29, 1.82) is 0 Å². The van der Waals surface area contributed by atoms with E-state index in [0.717, 1.165) is 62.7 Å². The fourth-order valence-corrected chi connectivity index (χ4v) is 5.74. The minimum Gasteiger partial charge on any atom is -0.453 e. The van der Waals surface area contributed by atoms with E-state index in [2.05, 4.69) is 49.9 Å². The minimum atomic E-state index is -4.42. The van der Waals surface area contributed by atoms with Crippen molar-refractivity contribution in [3.05, 3.63) is 132 Å². The molecule has 0 saturated carbocycles. The predicted molar refractivity (Wildman–Crippen MR) is 171 cm³/mol. The van der Waals surface area contributed by atoms with Gasteiger partial charge < -0.3 is 9.64 Å². The Labute approximate surface area is 254 Å². The molecule has 3 nitrogen and oxygen atoms in total. The summed E-state index contributed by atoms with van der Waals surface area (Å²) in [5.74, 6) is 1.44. The largest absolute Gasteiger partial charge is 0.453 e. The fourth-order valence-electron chi connectivity index (χ4n) is 5.74. The second-order valence-corrected chi connectivity index (χ2v) is 12.0. The van der Waals surface area contributed by atoms with Crippen LogP contribution in [0.2, 0.25) is 0 Å². The summed E-state index contributed by atoms with van der Waals surface area (Å²) in [6.07, 6.45) is -4.42. The van der Waals surface area contributed by atoms with Crippen LogP contribution in [0.3, 0.4) is 0 Å². The number of fused-ring (bicyclic) bond motifs is 3. The van der Waals surface area contributed by atoms with Gasteiger partial charge in [-0.2, -0.15) is 13.2 Å². The summed E-state index contributed by atoms with van der Waals surface area (Å²) in [5, 5.41) is 0.933. The summed E-state index contributed by atoms with van der Waals surface area (Å²) < 4.78 is 46.5. The van der Waals surface area contributed by atoms with Crippen LogP contribution in [0.25, 0.3) is 33.3 Å². The molecule has 0 unspecified atom stereocenters. The molecule has 1 aliphatic heterocycles. The normalized spacial score (nSPS) is 12.9. The molecular formula is C38H29F3N2O. The van der Waals surface area contributed by atoms with Gasteiger partial charge in [-0.15, -0.1) is 0 Å². The number of rotatable bonds is 3. The zero-order valence-corrected chi connectivity index (χ0v) is 24.5. The highest BCUT2D eigenvalue weighted by molar-refractivity contribution is 6.05. The first-order valence-corrected chi connectivity index (χ1v) is 14.5. The van der Waals surface area contributed by atoms with Crippen LogP contribution in [0.1, 0.15) is 31.9 Å². The van der Waals surface area contributed by atoms with Gasteiger partial charge >= 0.3 is 6.18 Å². The molecule has 0 spiro atoms. The average Bonchev–Trinajstić information content (AvgIpc) is 3.02. The Morgan fingerprint density at radius 2 is 1.14 bits per heavy atom. The SMILES string of the molecule is CC(C)(C)c1ccc(-c2cc(-c3ccc(C(F)(F)F)cc3)nc3c(N4c5ccccc5Oc5ccccc54)cccc23)cc1. The van der Waals surface area contributed by atoms with E-state index in [4.69, 9.17) is 9.72 Å². The first-order valence-electron chi connectivity index (χ1n) is 14.5. The third-order valence-electron chi connectivity index (χ3n) is 8.06. The Hall–Kier alpha value is -5.10. The van der Waals surface area contributed by atoms with Crippen molar-refractivity contribution in [1.82, 2.24) is 4.98 Å². The number of ether oxygens (including phenoxy) is 1. The van der Waals surface area contributed by atoms with Gasteiger partial charge in [0.2, 0.25) is 0 Å². The molecule has 6 heteroatoms. The molecule has 0 radical (unpaired) electrons. The Morgan fingerprint density at radius 1 is 0.591 bits per heavy atom. The lowest BCUT2D eigenvalue weighted by molar-refractivity contribution is -0.137. The topological polar surface area (TPSA) is 25.4 Å². The summed E-state index contributed by atoms with van der Waals surface area (Å²) in [7, 11) is 0. The van der Waals surface area contributed by atoms with Gasteiger partial charge in [0, 0.05) is 10.9 Å². The Balaban J connectivity index is 1.49.